The average Bonchev–Trinajstić information content (AvgIpc) is 3.19. The number of hydrogen-bond donors (Lipinski definition) is 2. The molecular formula is C26H33N5O4S. The topological polar surface area (TPSA) is 107 Å². The molecule has 0 saturated heterocycles. The molecule has 0 spiro atoms. The minimum atomic E-state index is -0.255. The quantitative estimate of drug-likeness (QED) is 0.375. The highest BCUT2D eigenvalue weighted by atomic mass is 32.2. The molecule has 0 bridgehead atoms. The second kappa shape index (κ2) is 12.4. The van der Waals surface area contributed by atoms with Crippen LogP contribution >= 0.6 is 11.8 Å². The Morgan fingerprint density at radius 2 is 1.75 bits per heavy atom. The minimum Gasteiger partial charge on any atom is -0.495 e. The van der Waals surface area contributed by atoms with Gasteiger partial charge in [-0.2, -0.15) is 0 Å². The molecule has 10 heteroatoms. The van der Waals surface area contributed by atoms with Crippen LogP contribution in [0.15, 0.2) is 41.6 Å². The van der Waals surface area contributed by atoms with Crippen LogP contribution in [0.2, 0.25) is 0 Å². The number of carbonyl (C=O) groups is 2. The van der Waals surface area contributed by atoms with E-state index in [2.05, 4.69) is 34.7 Å². The van der Waals surface area contributed by atoms with Gasteiger partial charge in [-0.1, -0.05) is 43.8 Å². The van der Waals surface area contributed by atoms with Crippen molar-refractivity contribution in [2.45, 2.75) is 45.3 Å². The van der Waals surface area contributed by atoms with Gasteiger partial charge in [-0.3, -0.25) is 9.59 Å². The fourth-order valence-electron chi connectivity index (χ4n) is 3.48. The molecule has 1 heterocycles. The fraction of sp³-hybridized carbons (Fsp3) is 0.385. The third kappa shape index (κ3) is 7.24. The van der Waals surface area contributed by atoms with Crippen molar-refractivity contribution in [3.05, 3.63) is 58.9 Å². The molecular weight excluding hydrogens is 478 g/mol. The molecule has 0 saturated carbocycles. The molecule has 0 radical (unpaired) electrons. The number of nitrogens with one attached hydrogen (secondary N) is 2. The summed E-state index contributed by atoms with van der Waals surface area (Å²) in [5, 5.41) is 14.5. The van der Waals surface area contributed by atoms with Crippen LogP contribution in [0.1, 0.15) is 42.3 Å². The van der Waals surface area contributed by atoms with Crippen LogP contribution in [-0.2, 0) is 23.2 Å². The van der Waals surface area contributed by atoms with E-state index in [-0.39, 0.29) is 30.7 Å². The Balaban J connectivity index is 1.49. The molecule has 192 valence electrons. The van der Waals surface area contributed by atoms with E-state index in [9.17, 15) is 9.59 Å². The maximum atomic E-state index is 12.5. The molecule has 1 aromatic heterocycles. The van der Waals surface area contributed by atoms with Gasteiger partial charge in [-0.25, -0.2) is 0 Å². The molecule has 2 aromatic carbocycles. The number of nitrogens with zero attached hydrogens (tertiary/aromatic N) is 3. The van der Waals surface area contributed by atoms with E-state index >= 15 is 0 Å². The zero-order chi connectivity index (χ0) is 26.2. The summed E-state index contributed by atoms with van der Waals surface area (Å²) in [7, 11) is 3.36. The second-order valence-electron chi connectivity index (χ2n) is 8.76. The van der Waals surface area contributed by atoms with Crippen molar-refractivity contribution in [1.82, 2.24) is 20.1 Å². The predicted molar refractivity (Wildman–Crippen MR) is 141 cm³/mol. The number of ether oxygens (including phenoxy) is 2. The third-order valence-electron chi connectivity index (χ3n) is 5.48. The Hall–Kier alpha value is -3.53. The highest BCUT2D eigenvalue weighted by Crippen LogP contribution is 2.28. The molecule has 0 unspecified atom stereocenters. The number of aromatic nitrogens is 3. The maximum Gasteiger partial charge on any atom is 0.258 e. The zero-order valence-electron chi connectivity index (χ0n) is 21.5. The lowest BCUT2D eigenvalue weighted by Crippen LogP contribution is -2.29. The van der Waals surface area contributed by atoms with Crippen molar-refractivity contribution >= 4 is 29.3 Å². The lowest BCUT2D eigenvalue weighted by Gasteiger charge is -2.14. The molecule has 3 rings (SSSR count). The zero-order valence-corrected chi connectivity index (χ0v) is 22.4. The number of methoxy groups -OCH3 is 1. The summed E-state index contributed by atoms with van der Waals surface area (Å²) < 4.78 is 12.8. The Morgan fingerprint density at radius 1 is 1.03 bits per heavy atom. The summed E-state index contributed by atoms with van der Waals surface area (Å²) in [4.78, 5) is 24.8. The van der Waals surface area contributed by atoms with Crippen molar-refractivity contribution < 1.29 is 19.1 Å². The summed E-state index contributed by atoms with van der Waals surface area (Å²) in [6.45, 7) is 8.22. The van der Waals surface area contributed by atoms with E-state index in [1.807, 2.05) is 50.2 Å². The van der Waals surface area contributed by atoms with E-state index in [1.54, 1.807) is 18.7 Å². The van der Waals surface area contributed by atoms with Crippen LogP contribution in [0, 0.1) is 13.8 Å². The number of carbonyl (C=O) groups excluding carboxylic acids is 2. The first-order chi connectivity index (χ1) is 17.2. The van der Waals surface area contributed by atoms with Crippen molar-refractivity contribution in [3.63, 3.8) is 0 Å². The number of thioether (sulfide) groups is 1. The summed E-state index contributed by atoms with van der Waals surface area (Å²) in [6, 6.07) is 11.6. The van der Waals surface area contributed by atoms with Crippen LogP contribution in [0.25, 0.3) is 0 Å². The summed E-state index contributed by atoms with van der Waals surface area (Å²) in [6.07, 6.45) is 0. The fourth-order valence-corrected chi connectivity index (χ4v) is 4.21. The van der Waals surface area contributed by atoms with E-state index in [0.29, 0.717) is 28.3 Å². The summed E-state index contributed by atoms with van der Waals surface area (Å²) in [5.41, 5.74) is 3.78. The molecule has 2 amide bonds. The molecule has 3 aromatic rings. The van der Waals surface area contributed by atoms with E-state index in [1.165, 1.54) is 11.8 Å². The average molecular weight is 512 g/mol. The normalized spacial score (nSPS) is 10.9. The number of benzene rings is 2. The first kappa shape index (κ1) is 27.1. The SMILES string of the molecule is COc1ccc(C)cc1NC(=O)CSc1nnc(CNC(=O)COc2cc(C)ccc2C(C)C)n1C. The van der Waals surface area contributed by atoms with E-state index < -0.39 is 0 Å². The highest BCUT2D eigenvalue weighted by molar-refractivity contribution is 7.99. The highest BCUT2D eigenvalue weighted by Gasteiger charge is 2.15. The predicted octanol–water partition coefficient (Wildman–Crippen LogP) is 3.99. The third-order valence-corrected chi connectivity index (χ3v) is 6.50. The van der Waals surface area contributed by atoms with Crippen LogP contribution in [0.5, 0.6) is 11.5 Å². The monoisotopic (exact) mass is 511 g/mol. The van der Waals surface area contributed by atoms with Gasteiger partial charge in [-0.15, -0.1) is 10.2 Å². The van der Waals surface area contributed by atoms with Gasteiger partial charge >= 0.3 is 0 Å². The number of aryl methyl sites for hydroxylation is 2. The van der Waals surface area contributed by atoms with Crippen LogP contribution in [0.4, 0.5) is 5.69 Å². The Morgan fingerprint density at radius 3 is 2.47 bits per heavy atom. The van der Waals surface area contributed by atoms with Gasteiger partial charge in [-0.05, 0) is 54.7 Å². The first-order valence-corrected chi connectivity index (χ1v) is 12.6. The maximum absolute atomic E-state index is 12.5. The number of hydrogen-bond acceptors (Lipinski definition) is 7. The van der Waals surface area contributed by atoms with Gasteiger partial charge < -0.3 is 24.7 Å². The van der Waals surface area contributed by atoms with Crippen molar-refractivity contribution in [1.29, 1.82) is 0 Å². The second-order valence-corrected chi connectivity index (χ2v) is 9.70. The molecule has 0 aliphatic heterocycles. The minimum absolute atomic E-state index is 0.0920. The summed E-state index contributed by atoms with van der Waals surface area (Å²) >= 11 is 1.26. The van der Waals surface area contributed by atoms with Crippen molar-refractivity contribution in [2.75, 3.05) is 24.8 Å². The summed E-state index contributed by atoms with van der Waals surface area (Å²) in [5.74, 6) is 1.90. The van der Waals surface area contributed by atoms with Crippen LogP contribution < -0.4 is 20.1 Å². The Kier molecular flexibility index (Phi) is 9.35. The van der Waals surface area contributed by atoms with Gasteiger partial charge in [0.2, 0.25) is 5.91 Å². The molecule has 0 fully saturated rings. The molecule has 2 N–H and O–H groups in total. The molecule has 0 aliphatic rings. The molecule has 36 heavy (non-hydrogen) atoms. The standard InChI is InChI=1S/C26H33N5O4S/c1-16(2)19-9-7-18(4)12-22(19)35-14-24(32)27-13-23-29-30-26(31(23)5)36-15-25(33)28-20-11-17(3)8-10-21(20)34-6/h7-12,16H,13-15H2,1-6H3,(H,27,32)(H,28,33). The Bertz CT molecular complexity index is 1230. The number of rotatable bonds is 11. The largest absolute Gasteiger partial charge is 0.495 e. The van der Waals surface area contributed by atoms with Gasteiger partial charge in [0.05, 0.1) is 25.1 Å². The van der Waals surface area contributed by atoms with E-state index in [4.69, 9.17) is 9.47 Å². The van der Waals surface area contributed by atoms with Gasteiger partial charge in [0, 0.05) is 7.05 Å². The Labute approximate surface area is 216 Å². The molecule has 9 nitrogen and oxygen atoms in total. The van der Waals surface area contributed by atoms with Gasteiger partial charge in [0.1, 0.15) is 11.5 Å². The number of amides is 2. The van der Waals surface area contributed by atoms with Crippen molar-refractivity contribution in [2.24, 2.45) is 7.05 Å². The molecule has 0 atom stereocenters. The van der Waals surface area contributed by atoms with Crippen LogP contribution in [0.3, 0.4) is 0 Å². The van der Waals surface area contributed by atoms with Crippen LogP contribution in [-0.4, -0.2) is 46.0 Å². The lowest BCUT2D eigenvalue weighted by molar-refractivity contribution is -0.123. The van der Waals surface area contributed by atoms with Gasteiger partial charge in [0.25, 0.3) is 5.91 Å². The van der Waals surface area contributed by atoms with Crippen molar-refractivity contribution in [3.8, 4) is 11.5 Å². The molecule has 0 aliphatic carbocycles. The van der Waals surface area contributed by atoms with Gasteiger partial charge in [0.15, 0.2) is 17.6 Å². The lowest BCUT2D eigenvalue weighted by atomic mass is 10.0. The first-order valence-electron chi connectivity index (χ1n) is 11.6. The number of anilines is 1. The van der Waals surface area contributed by atoms with E-state index in [0.717, 1.165) is 22.4 Å². The smallest absolute Gasteiger partial charge is 0.258 e.